The number of carbonyl (C=O) groups excluding carboxylic acids is 1. The third-order valence-electron chi connectivity index (χ3n) is 6.26. The number of aliphatic hydroxyl groups is 1. The Balaban J connectivity index is 1.44. The molecule has 6 nitrogen and oxygen atoms in total. The summed E-state index contributed by atoms with van der Waals surface area (Å²) in [6.45, 7) is 0.728. The van der Waals surface area contributed by atoms with Gasteiger partial charge in [0, 0.05) is 18.7 Å². The average Bonchev–Trinajstić information content (AvgIpc) is 3.37. The normalized spacial score (nSPS) is 21.3. The minimum absolute atomic E-state index is 0.0823. The number of hydrogen-bond acceptors (Lipinski definition) is 5. The lowest BCUT2D eigenvalue weighted by Gasteiger charge is -2.38. The monoisotopic (exact) mass is 427 g/mol. The van der Waals surface area contributed by atoms with Gasteiger partial charge in [-0.2, -0.15) is 13.2 Å². The third-order valence-corrected chi connectivity index (χ3v) is 6.26. The standard InChI is InChI=1S/C20H21F4N3O3/c1-18(29,20(22,23)24)17(28)27-10-6-13(7-11-27)19(8-9-19)16-26-25-15(30-16)12-2-4-14(21)5-3-12/h2-5,13,29H,6-11H2,1H3/t18-/m1/s1. The quantitative estimate of drug-likeness (QED) is 0.756. The van der Waals surface area contributed by atoms with Gasteiger partial charge in [-0.15, -0.1) is 10.2 Å². The molecule has 0 spiro atoms. The van der Waals surface area contributed by atoms with Crippen molar-refractivity contribution in [2.75, 3.05) is 13.1 Å². The maximum Gasteiger partial charge on any atom is 0.426 e. The van der Waals surface area contributed by atoms with Gasteiger partial charge < -0.3 is 14.4 Å². The first-order chi connectivity index (χ1) is 14.0. The molecule has 0 unspecified atom stereocenters. The van der Waals surface area contributed by atoms with Gasteiger partial charge in [0.05, 0.1) is 5.41 Å². The van der Waals surface area contributed by atoms with Gasteiger partial charge in [-0.25, -0.2) is 4.39 Å². The first kappa shape index (κ1) is 20.8. The zero-order chi connectivity index (χ0) is 21.7. The smallest absolute Gasteiger partial charge is 0.420 e. The van der Waals surface area contributed by atoms with Crippen molar-refractivity contribution in [1.82, 2.24) is 15.1 Å². The summed E-state index contributed by atoms with van der Waals surface area (Å²) in [6.07, 6.45) is -2.44. The number of carbonyl (C=O) groups is 1. The van der Waals surface area contributed by atoms with E-state index >= 15 is 0 Å². The van der Waals surface area contributed by atoms with E-state index in [0.29, 0.717) is 31.2 Å². The van der Waals surface area contributed by atoms with E-state index < -0.39 is 17.7 Å². The number of rotatable bonds is 4. The molecule has 1 aromatic heterocycles. The van der Waals surface area contributed by atoms with Crippen LogP contribution in [0.15, 0.2) is 28.7 Å². The highest BCUT2D eigenvalue weighted by molar-refractivity contribution is 5.85. The molecule has 1 aliphatic heterocycles. The Morgan fingerprint density at radius 3 is 2.30 bits per heavy atom. The van der Waals surface area contributed by atoms with Crippen molar-refractivity contribution < 1.29 is 31.9 Å². The van der Waals surface area contributed by atoms with Crippen LogP contribution in [-0.4, -0.2) is 51.0 Å². The van der Waals surface area contributed by atoms with Gasteiger partial charge in [-0.3, -0.25) is 4.79 Å². The predicted molar refractivity (Wildman–Crippen MR) is 96.6 cm³/mol. The molecule has 1 saturated heterocycles. The Morgan fingerprint density at radius 2 is 1.77 bits per heavy atom. The summed E-state index contributed by atoms with van der Waals surface area (Å²) in [4.78, 5) is 13.2. The summed E-state index contributed by atoms with van der Waals surface area (Å²) in [5, 5.41) is 17.9. The molecule has 0 radical (unpaired) electrons. The van der Waals surface area contributed by atoms with Crippen LogP contribution in [0.3, 0.4) is 0 Å². The highest BCUT2D eigenvalue weighted by Gasteiger charge is 2.59. The molecule has 1 aromatic carbocycles. The van der Waals surface area contributed by atoms with Gasteiger partial charge in [0.15, 0.2) is 0 Å². The SMILES string of the molecule is C[C@@](O)(C(=O)N1CCC(C2(c3nnc(-c4ccc(F)cc4)o3)CC2)CC1)C(F)(F)F. The van der Waals surface area contributed by atoms with Crippen molar-refractivity contribution in [2.24, 2.45) is 5.92 Å². The molecule has 1 amide bonds. The number of likely N-dealkylation sites (tertiary alicyclic amines) is 1. The first-order valence-corrected chi connectivity index (χ1v) is 9.73. The molecular weight excluding hydrogens is 406 g/mol. The number of nitrogens with zero attached hydrogens (tertiary/aromatic N) is 3. The lowest BCUT2D eigenvalue weighted by atomic mass is 9.81. The minimum Gasteiger partial charge on any atom is -0.420 e. The average molecular weight is 427 g/mol. The maximum atomic E-state index is 13.1. The molecule has 30 heavy (non-hydrogen) atoms. The first-order valence-electron chi connectivity index (χ1n) is 9.73. The molecule has 2 aliphatic rings. The van der Waals surface area contributed by atoms with E-state index in [1.807, 2.05) is 0 Å². The number of aromatic nitrogens is 2. The zero-order valence-corrected chi connectivity index (χ0v) is 16.2. The highest BCUT2D eigenvalue weighted by Crippen LogP contribution is 2.56. The second-order valence-electron chi connectivity index (χ2n) is 8.21. The number of halogens is 4. The second-order valence-corrected chi connectivity index (χ2v) is 8.21. The van der Waals surface area contributed by atoms with Crippen LogP contribution < -0.4 is 0 Å². The van der Waals surface area contributed by atoms with Gasteiger partial charge in [-0.05, 0) is 62.8 Å². The molecule has 2 aromatic rings. The molecule has 10 heteroatoms. The fraction of sp³-hybridized carbons (Fsp3) is 0.550. The Hall–Kier alpha value is -2.49. The number of piperidine rings is 1. The van der Waals surface area contributed by atoms with Crippen molar-refractivity contribution in [2.45, 2.75) is 49.8 Å². The van der Waals surface area contributed by atoms with Crippen LogP contribution in [0.2, 0.25) is 0 Å². The van der Waals surface area contributed by atoms with Crippen molar-refractivity contribution >= 4 is 5.91 Å². The topological polar surface area (TPSA) is 79.5 Å². The third kappa shape index (κ3) is 3.46. The van der Waals surface area contributed by atoms with Crippen molar-refractivity contribution in [1.29, 1.82) is 0 Å². The van der Waals surface area contributed by atoms with E-state index in [4.69, 9.17) is 4.42 Å². The number of alkyl halides is 3. The van der Waals surface area contributed by atoms with Crippen LogP contribution >= 0.6 is 0 Å². The summed E-state index contributed by atoms with van der Waals surface area (Å²) in [5.74, 6) is -0.865. The summed E-state index contributed by atoms with van der Waals surface area (Å²) < 4.78 is 57.8. The number of amides is 1. The lowest BCUT2D eigenvalue weighted by Crippen LogP contribution is -2.57. The van der Waals surface area contributed by atoms with E-state index in [-0.39, 0.29) is 36.1 Å². The number of hydrogen-bond donors (Lipinski definition) is 1. The van der Waals surface area contributed by atoms with Crippen molar-refractivity contribution in [3.05, 3.63) is 36.0 Å². The summed E-state index contributed by atoms with van der Waals surface area (Å²) in [7, 11) is 0. The van der Waals surface area contributed by atoms with E-state index in [2.05, 4.69) is 10.2 Å². The highest BCUT2D eigenvalue weighted by atomic mass is 19.4. The van der Waals surface area contributed by atoms with Gasteiger partial charge in [0.2, 0.25) is 17.4 Å². The molecule has 1 N–H and O–H groups in total. The molecule has 1 aliphatic carbocycles. The van der Waals surface area contributed by atoms with Crippen LogP contribution in [0.25, 0.3) is 11.5 Å². The van der Waals surface area contributed by atoms with Crippen LogP contribution in [0.4, 0.5) is 17.6 Å². The summed E-state index contributed by atoms with van der Waals surface area (Å²) in [5.41, 5.74) is -3.14. The fourth-order valence-corrected chi connectivity index (χ4v) is 4.13. The fourth-order valence-electron chi connectivity index (χ4n) is 4.13. The Kier molecular flexibility index (Phi) is 4.87. The van der Waals surface area contributed by atoms with Gasteiger partial charge in [0.1, 0.15) is 5.82 Å². The molecule has 4 rings (SSSR count). The lowest BCUT2D eigenvalue weighted by molar-refractivity contribution is -0.250. The molecule has 162 valence electrons. The van der Waals surface area contributed by atoms with Crippen molar-refractivity contribution in [3.8, 4) is 11.5 Å². The molecule has 1 saturated carbocycles. The van der Waals surface area contributed by atoms with Crippen molar-refractivity contribution in [3.63, 3.8) is 0 Å². The number of benzene rings is 1. The Bertz CT molecular complexity index is 928. The van der Waals surface area contributed by atoms with E-state index in [1.54, 1.807) is 12.1 Å². The van der Waals surface area contributed by atoms with Gasteiger partial charge in [0.25, 0.3) is 5.91 Å². The van der Waals surface area contributed by atoms with E-state index in [0.717, 1.165) is 17.7 Å². The Morgan fingerprint density at radius 1 is 1.17 bits per heavy atom. The van der Waals surface area contributed by atoms with Gasteiger partial charge in [-0.1, -0.05) is 0 Å². The maximum absolute atomic E-state index is 13.1. The zero-order valence-electron chi connectivity index (χ0n) is 16.2. The molecule has 2 fully saturated rings. The molecule has 0 bridgehead atoms. The predicted octanol–water partition coefficient (Wildman–Crippen LogP) is 3.46. The van der Waals surface area contributed by atoms with Crippen LogP contribution in [0, 0.1) is 11.7 Å². The molecule has 1 atom stereocenters. The van der Waals surface area contributed by atoms with Crippen LogP contribution in [0.5, 0.6) is 0 Å². The van der Waals surface area contributed by atoms with Crippen LogP contribution in [-0.2, 0) is 10.2 Å². The largest absolute Gasteiger partial charge is 0.426 e. The van der Waals surface area contributed by atoms with E-state index in [1.165, 1.54) is 12.1 Å². The van der Waals surface area contributed by atoms with Crippen LogP contribution in [0.1, 0.15) is 38.5 Å². The Labute approximate surface area is 169 Å². The molecule has 2 heterocycles. The molecular formula is C20H21F4N3O3. The van der Waals surface area contributed by atoms with Gasteiger partial charge >= 0.3 is 6.18 Å². The van der Waals surface area contributed by atoms with E-state index in [9.17, 15) is 27.5 Å². The second kappa shape index (κ2) is 7.04. The minimum atomic E-state index is -5.03. The summed E-state index contributed by atoms with van der Waals surface area (Å²) in [6, 6.07) is 5.69. The summed E-state index contributed by atoms with van der Waals surface area (Å²) >= 11 is 0.